The van der Waals surface area contributed by atoms with E-state index in [0.717, 1.165) is 27.8 Å². The second kappa shape index (κ2) is 4.93. The minimum Gasteiger partial charge on any atom is -0.506 e. The van der Waals surface area contributed by atoms with Crippen molar-refractivity contribution in [2.75, 3.05) is 0 Å². The zero-order chi connectivity index (χ0) is 14.1. The van der Waals surface area contributed by atoms with E-state index in [1.807, 2.05) is 61.1 Å². The number of benzene rings is 2. The largest absolute Gasteiger partial charge is 0.506 e. The van der Waals surface area contributed by atoms with Gasteiger partial charge in [-0.2, -0.15) is 0 Å². The number of rotatable bonds is 3. The summed E-state index contributed by atoms with van der Waals surface area (Å²) in [7, 11) is 1.93. The van der Waals surface area contributed by atoms with Gasteiger partial charge in [-0.15, -0.1) is 0 Å². The molecular formula is C17H17NO2. The summed E-state index contributed by atoms with van der Waals surface area (Å²) in [5.41, 5.74) is 3.04. The summed E-state index contributed by atoms with van der Waals surface area (Å²) in [5, 5.41) is 11.0. The van der Waals surface area contributed by atoms with Gasteiger partial charge in [0.1, 0.15) is 18.1 Å². The van der Waals surface area contributed by atoms with E-state index < -0.39 is 0 Å². The van der Waals surface area contributed by atoms with Crippen molar-refractivity contribution in [2.24, 2.45) is 7.05 Å². The average molecular weight is 267 g/mol. The molecule has 0 fully saturated rings. The maximum Gasteiger partial charge on any atom is 0.139 e. The smallest absolute Gasteiger partial charge is 0.139 e. The van der Waals surface area contributed by atoms with Crippen LogP contribution >= 0.6 is 0 Å². The molecule has 0 atom stereocenters. The molecule has 0 aliphatic rings. The number of phenolic OH excluding ortho intramolecular Hbond substituents is 1. The molecular weight excluding hydrogens is 250 g/mol. The van der Waals surface area contributed by atoms with Crippen molar-refractivity contribution in [2.45, 2.75) is 13.5 Å². The summed E-state index contributed by atoms with van der Waals surface area (Å²) in [6.45, 7) is 2.52. The highest BCUT2D eigenvalue weighted by Crippen LogP contribution is 2.29. The van der Waals surface area contributed by atoms with Crippen molar-refractivity contribution in [1.29, 1.82) is 0 Å². The Labute approximate surface area is 118 Å². The van der Waals surface area contributed by atoms with Crippen LogP contribution in [0.4, 0.5) is 0 Å². The first-order valence-corrected chi connectivity index (χ1v) is 6.61. The fraction of sp³-hybridized carbons (Fsp3) is 0.176. The third kappa shape index (κ3) is 2.11. The van der Waals surface area contributed by atoms with E-state index in [2.05, 4.69) is 0 Å². The fourth-order valence-corrected chi connectivity index (χ4v) is 2.52. The second-order valence-electron chi connectivity index (χ2n) is 4.99. The molecule has 1 heterocycles. The minimum atomic E-state index is 0.298. The number of hydrogen-bond acceptors (Lipinski definition) is 2. The molecule has 3 nitrogen and oxygen atoms in total. The average Bonchev–Trinajstić information content (AvgIpc) is 2.76. The van der Waals surface area contributed by atoms with Crippen LogP contribution in [0, 0.1) is 6.92 Å². The number of para-hydroxylation sites is 2. The Morgan fingerprint density at radius 3 is 2.70 bits per heavy atom. The SMILES string of the molecule is Cc1ccccc1OCc1cn(C)c2c(O)cccc12. The maximum absolute atomic E-state index is 9.93. The molecule has 0 saturated heterocycles. The molecule has 3 heteroatoms. The number of hydrogen-bond donors (Lipinski definition) is 1. The normalized spacial score (nSPS) is 10.9. The molecule has 0 aliphatic carbocycles. The molecule has 0 amide bonds. The van der Waals surface area contributed by atoms with Gasteiger partial charge in [0.05, 0.1) is 5.52 Å². The Morgan fingerprint density at radius 2 is 1.90 bits per heavy atom. The predicted molar refractivity (Wildman–Crippen MR) is 80.1 cm³/mol. The molecule has 1 aromatic heterocycles. The number of phenols is 1. The first-order chi connectivity index (χ1) is 9.66. The van der Waals surface area contributed by atoms with Crippen molar-refractivity contribution in [3.8, 4) is 11.5 Å². The summed E-state index contributed by atoms with van der Waals surface area (Å²) >= 11 is 0. The van der Waals surface area contributed by atoms with Gasteiger partial charge in [-0.3, -0.25) is 0 Å². The Hall–Kier alpha value is -2.42. The zero-order valence-corrected chi connectivity index (χ0v) is 11.6. The second-order valence-corrected chi connectivity index (χ2v) is 4.99. The van der Waals surface area contributed by atoms with Crippen LogP contribution in [0.3, 0.4) is 0 Å². The van der Waals surface area contributed by atoms with E-state index in [1.54, 1.807) is 6.07 Å². The number of aromatic nitrogens is 1. The van der Waals surface area contributed by atoms with Crippen molar-refractivity contribution < 1.29 is 9.84 Å². The number of nitrogens with zero attached hydrogens (tertiary/aromatic N) is 1. The Morgan fingerprint density at radius 1 is 1.10 bits per heavy atom. The molecule has 0 bridgehead atoms. The summed E-state index contributed by atoms with van der Waals surface area (Å²) in [5.74, 6) is 1.19. The van der Waals surface area contributed by atoms with Crippen LogP contribution in [0.2, 0.25) is 0 Å². The highest BCUT2D eigenvalue weighted by molar-refractivity contribution is 5.88. The first-order valence-electron chi connectivity index (χ1n) is 6.61. The highest BCUT2D eigenvalue weighted by atomic mass is 16.5. The molecule has 2 aromatic carbocycles. The van der Waals surface area contributed by atoms with Gasteiger partial charge in [-0.05, 0) is 24.6 Å². The predicted octanol–water partition coefficient (Wildman–Crippen LogP) is 3.77. The summed E-state index contributed by atoms with van der Waals surface area (Å²) in [6, 6.07) is 13.5. The van der Waals surface area contributed by atoms with E-state index in [0.29, 0.717) is 12.4 Å². The Balaban J connectivity index is 1.93. The third-order valence-electron chi connectivity index (χ3n) is 3.54. The van der Waals surface area contributed by atoms with Crippen LogP contribution in [-0.4, -0.2) is 9.67 Å². The third-order valence-corrected chi connectivity index (χ3v) is 3.54. The quantitative estimate of drug-likeness (QED) is 0.783. The van der Waals surface area contributed by atoms with E-state index in [9.17, 15) is 5.11 Å². The number of aryl methyl sites for hydroxylation is 2. The Kier molecular flexibility index (Phi) is 3.11. The van der Waals surface area contributed by atoms with Gasteiger partial charge in [0, 0.05) is 24.2 Å². The lowest BCUT2D eigenvalue weighted by atomic mass is 10.1. The van der Waals surface area contributed by atoms with Gasteiger partial charge in [0.2, 0.25) is 0 Å². The number of aromatic hydroxyl groups is 1. The lowest BCUT2D eigenvalue weighted by Gasteiger charge is -2.08. The zero-order valence-electron chi connectivity index (χ0n) is 11.6. The van der Waals surface area contributed by atoms with Crippen molar-refractivity contribution in [3.05, 3.63) is 59.8 Å². The molecule has 3 aromatic rings. The molecule has 0 spiro atoms. The van der Waals surface area contributed by atoms with Gasteiger partial charge in [0.25, 0.3) is 0 Å². The standard InChI is InChI=1S/C17H17NO2/c1-12-6-3-4-9-16(12)20-11-13-10-18(2)17-14(13)7-5-8-15(17)19/h3-10,19H,11H2,1-2H3. The van der Waals surface area contributed by atoms with Gasteiger partial charge in [-0.1, -0.05) is 30.3 Å². The lowest BCUT2D eigenvalue weighted by molar-refractivity contribution is 0.305. The van der Waals surface area contributed by atoms with Gasteiger partial charge in [0.15, 0.2) is 0 Å². The first kappa shape index (κ1) is 12.6. The summed E-state index contributed by atoms with van der Waals surface area (Å²) in [6.07, 6.45) is 2.00. The molecule has 20 heavy (non-hydrogen) atoms. The van der Waals surface area contributed by atoms with E-state index in [1.165, 1.54) is 0 Å². The van der Waals surface area contributed by atoms with Crippen molar-refractivity contribution in [3.63, 3.8) is 0 Å². The fourth-order valence-electron chi connectivity index (χ4n) is 2.52. The van der Waals surface area contributed by atoms with Crippen LogP contribution in [0.5, 0.6) is 11.5 Å². The molecule has 3 rings (SSSR count). The topological polar surface area (TPSA) is 34.4 Å². The van der Waals surface area contributed by atoms with Crippen molar-refractivity contribution in [1.82, 2.24) is 4.57 Å². The van der Waals surface area contributed by atoms with Crippen LogP contribution in [0.25, 0.3) is 10.9 Å². The molecule has 0 unspecified atom stereocenters. The molecule has 1 N–H and O–H groups in total. The molecule has 102 valence electrons. The number of fused-ring (bicyclic) bond motifs is 1. The molecule has 0 aliphatic heterocycles. The van der Waals surface area contributed by atoms with Gasteiger partial charge < -0.3 is 14.4 Å². The number of ether oxygens (including phenoxy) is 1. The van der Waals surface area contributed by atoms with Crippen LogP contribution < -0.4 is 4.74 Å². The van der Waals surface area contributed by atoms with E-state index in [4.69, 9.17) is 4.74 Å². The lowest BCUT2D eigenvalue weighted by Crippen LogP contribution is -1.96. The summed E-state index contributed by atoms with van der Waals surface area (Å²) < 4.78 is 7.82. The van der Waals surface area contributed by atoms with Crippen molar-refractivity contribution >= 4 is 10.9 Å². The molecule has 0 saturated carbocycles. The van der Waals surface area contributed by atoms with Gasteiger partial charge >= 0.3 is 0 Å². The minimum absolute atomic E-state index is 0.298. The van der Waals surface area contributed by atoms with Gasteiger partial charge in [-0.25, -0.2) is 0 Å². The van der Waals surface area contributed by atoms with Crippen LogP contribution in [0.15, 0.2) is 48.7 Å². The molecule has 0 radical (unpaired) electrons. The maximum atomic E-state index is 9.93. The van der Waals surface area contributed by atoms with Crippen LogP contribution in [0.1, 0.15) is 11.1 Å². The Bertz CT molecular complexity index is 759. The highest BCUT2D eigenvalue weighted by Gasteiger charge is 2.10. The summed E-state index contributed by atoms with van der Waals surface area (Å²) in [4.78, 5) is 0. The monoisotopic (exact) mass is 267 g/mol. The van der Waals surface area contributed by atoms with E-state index in [-0.39, 0.29) is 0 Å². The van der Waals surface area contributed by atoms with Crippen LogP contribution in [-0.2, 0) is 13.7 Å². The van der Waals surface area contributed by atoms with E-state index >= 15 is 0 Å².